The molecule has 0 unspecified atom stereocenters. The molecule has 2 aromatic carbocycles. The van der Waals surface area contributed by atoms with Crippen molar-refractivity contribution >= 4 is 31.3 Å². The van der Waals surface area contributed by atoms with Crippen molar-refractivity contribution in [2.45, 2.75) is 126 Å². The summed E-state index contributed by atoms with van der Waals surface area (Å²) in [6.45, 7) is 2.59. The molecule has 10 heteroatoms. The Morgan fingerprint density at radius 3 is 1.59 bits per heavy atom. The summed E-state index contributed by atoms with van der Waals surface area (Å²) in [5.74, 6) is 0.807. The Hall–Kier alpha value is -2.27. The van der Waals surface area contributed by atoms with E-state index in [-0.39, 0.29) is 9.79 Å². The molecule has 0 radical (unpaired) electrons. The molecule has 2 N–H and O–H groups in total. The molecular formula is C31H46N2O6S2. The van der Waals surface area contributed by atoms with Gasteiger partial charge in [0.05, 0.1) is 20.8 Å². The fraction of sp³-hybridized carbons (Fsp3) is 0.581. The van der Waals surface area contributed by atoms with Crippen molar-refractivity contribution in [2.24, 2.45) is 0 Å². The van der Waals surface area contributed by atoms with Gasteiger partial charge in [0, 0.05) is 13.0 Å². The molecule has 3 rings (SSSR count). The normalized spacial score (nSPS) is 12.4. The Morgan fingerprint density at radius 2 is 1.10 bits per heavy atom. The zero-order valence-electron chi connectivity index (χ0n) is 24.3. The predicted molar refractivity (Wildman–Crippen MR) is 164 cm³/mol. The van der Waals surface area contributed by atoms with Crippen molar-refractivity contribution in [3.63, 3.8) is 0 Å². The molecule has 41 heavy (non-hydrogen) atoms. The van der Waals surface area contributed by atoms with Crippen LogP contribution in [0.25, 0.3) is 11.0 Å². The molecule has 1 heterocycles. The molecule has 0 spiro atoms. The van der Waals surface area contributed by atoms with Crippen molar-refractivity contribution < 1.29 is 25.9 Å². The Balaban J connectivity index is 1.50. The number of fused-ring (bicyclic) bond motifs is 1. The van der Waals surface area contributed by atoms with Crippen LogP contribution in [0.2, 0.25) is 0 Å². The highest BCUT2D eigenvalue weighted by molar-refractivity contribution is 7.86. The molecule has 0 saturated carbocycles. The molecule has 0 atom stereocenters. The van der Waals surface area contributed by atoms with E-state index in [1.54, 1.807) is 18.2 Å². The lowest BCUT2D eigenvalue weighted by molar-refractivity contribution is 0.481. The fourth-order valence-electron chi connectivity index (χ4n) is 5.28. The van der Waals surface area contributed by atoms with Gasteiger partial charge in [-0.3, -0.25) is 9.11 Å². The Bertz CT molecular complexity index is 1430. The third-order valence-corrected chi connectivity index (χ3v) is 9.38. The minimum atomic E-state index is -4.38. The molecular weight excluding hydrogens is 560 g/mol. The number of hydrogen-bond donors (Lipinski definition) is 2. The van der Waals surface area contributed by atoms with Gasteiger partial charge in [0.15, 0.2) is 0 Å². The molecule has 8 nitrogen and oxygen atoms in total. The summed E-state index contributed by atoms with van der Waals surface area (Å²) in [6.07, 6.45) is 20.0. The minimum absolute atomic E-state index is 0.191. The monoisotopic (exact) mass is 606 g/mol. The predicted octanol–water partition coefficient (Wildman–Crippen LogP) is 7.99. The van der Waals surface area contributed by atoms with Crippen LogP contribution in [0.3, 0.4) is 0 Å². The Kier molecular flexibility index (Phi) is 13.3. The van der Waals surface area contributed by atoms with E-state index in [1.807, 2.05) is 4.57 Å². The highest BCUT2D eigenvalue weighted by Crippen LogP contribution is 2.24. The topological polar surface area (TPSA) is 127 Å². The third kappa shape index (κ3) is 11.1. The minimum Gasteiger partial charge on any atom is -0.323 e. The summed E-state index contributed by atoms with van der Waals surface area (Å²) >= 11 is 0. The number of nitrogens with zero attached hydrogens (tertiary/aromatic N) is 2. The van der Waals surface area contributed by atoms with Crippen molar-refractivity contribution in [3.8, 4) is 0 Å². The van der Waals surface area contributed by atoms with Gasteiger partial charge in [-0.1, -0.05) is 109 Å². The van der Waals surface area contributed by atoms with E-state index >= 15 is 0 Å². The molecule has 1 aromatic heterocycles. The molecule has 0 aliphatic carbocycles. The van der Waals surface area contributed by atoms with Crippen LogP contribution in [0.15, 0.2) is 52.3 Å². The van der Waals surface area contributed by atoms with Gasteiger partial charge in [0.2, 0.25) is 0 Å². The third-order valence-electron chi connectivity index (χ3n) is 7.66. The molecule has 0 bridgehead atoms. The largest absolute Gasteiger partial charge is 0.323 e. The van der Waals surface area contributed by atoms with E-state index in [0.717, 1.165) is 30.7 Å². The van der Waals surface area contributed by atoms with Crippen LogP contribution in [0.5, 0.6) is 0 Å². The van der Waals surface area contributed by atoms with Crippen LogP contribution in [-0.2, 0) is 33.2 Å². The number of benzene rings is 2. The molecule has 0 amide bonds. The van der Waals surface area contributed by atoms with E-state index in [1.165, 1.54) is 108 Å². The lowest BCUT2D eigenvalue weighted by atomic mass is 10.0. The fourth-order valence-corrected chi connectivity index (χ4v) is 6.26. The lowest BCUT2D eigenvalue weighted by Crippen LogP contribution is -2.07. The number of aromatic nitrogens is 2. The van der Waals surface area contributed by atoms with Crippen LogP contribution in [0.1, 0.15) is 115 Å². The lowest BCUT2D eigenvalue weighted by Gasteiger charge is -2.11. The van der Waals surface area contributed by atoms with Crippen LogP contribution in [0, 0.1) is 0 Å². The standard InChI is InChI=1S/C31H46N2O6S2/c1-2-3-4-5-6-7-8-9-10-11-12-13-14-15-16-17-31-32-29-23-22-28(41(37,38)39)24-30(29)33(31)25-26-18-20-27(21-19-26)40(34,35)36/h18-24H,2-17,25H2,1H3,(H,34,35,36)(H,37,38,39). The number of hydrogen-bond acceptors (Lipinski definition) is 5. The van der Waals surface area contributed by atoms with Gasteiger partial charge < -0.3 is 4.57 Å². The second kappa shape index (κ2) is 16.4. The van der Waals surface area contributed by atoms with E-state index < -0.39 is 20.2 Å². The Labute approximate surface area is 246 Å². The molecule has 0 aliphatic heterocycles. The van der Waals surface area contributed by atoms with Crippen LogP contribution in [0.4, 0.5) is 0 Å². The average Bonchev–Trinajstić information content (AvgIpc) is 3.26. The highest BCUT2D eigenvalue weighted by Gasteiger charge is 2.17. The van der Waals surface area contributed by atoms with Gasteiger partial charge in [0.25, 0.3) is 20.2 Å². The number of rotatable bonds is 20. The molecule has 3 aromatic rings. The first-order chi connectivity index (χ1) is 19.6. The second-order valence-corrected chi connectivity index (χ2v) is 13.9. The summed E-state index contributed by atoms with van der Waals surface area (Å²) in [7, 11) is -8.67. The van der Waals surface area contributed by atoms with Crippen LogP contribution >= 0.6 is 0 Å². The summed E-state index contributed by atoms with van der Waals surface area (Å²) in [6, 6.07) is 10.2. The van der Waals surface area contributed by atoms with Crippen LogP contribution < -0.4 is 0 Å². The van der Waals surface area contributed by atoms with Crippen molar-refractivity contribution in [1.82, 2.24) is 9.55 Å². The van der Waals surface area contributed by atoms with Gasteiger partial charge >= 0.3 is 0 Å². The zero-order chi connectivity index (χ0) is 29.7. The maximum absolute atomic E-state index is 11.8. The smallest absolute Gasteiger partial charge is 0.294 e. The van der Waals surface area contributed by atoms with Crippen molar-refractivity contribution in [3.05, 3.63) is 53.9 Å². The first-order valence-electron chi connectivity index (χ1n) is 15.1. The number of aryl methyl sites for hydroxylation is 1. The molecule has 0 fully saturated rings. The second-order valence-electron chi connectivity index (χ2n) is 11.1. The summed E-state index contributed by atoms with van der Waals surface area (Å²) in [4.78, 5) is 4.35. The maximum Gasteiger partial charge on any atom is 0.294 e. The SMILES string of the molecule is CCCCCCCCCCCCCCCCCc1nc2ccc(S(=O)(=O)O)cc2n1Cc1ccc(S(=O)(=O)O)cc1. The van der Waals surface area contributed by atoms with Gasteiger partial charge in [0.1, 0.15) is 5.82 Å². The van der Waals surface area contributed by atoms with Gasteiger partial charge in [-0.05, 0) is 42.3 Å². The van der Waals surface area contributed by atoms with Crippen LogP contribution in [-0.4, -0.2) is 35.5 Å². The number of imidazole rings is 1. The van der Waals surface area contributed by atoms with Crippen molar-refractivity contribution in [1.29, 1.82) is 0 Å². The van der Waals surface area contributed by atoms with Gasteiger partial charge in [-0.15, -0.1) is 0 Å². The summed E-state index contributed by atoms with van der Waals surface area (Å²) < 4.78 is 67.1. The van der Waals surface area contributed by atoms with E-state index in [4.69, 9.17) is 4.98 Å². The summed E-state index contributed by atoms with van der Waals surface area (Å²) in [5.41, 5.74) is 1.98. The number of unbranched alkanes of at least 4 members (excludes halogenated alkanes) is 14. The maximum atomic E-state index is 11.8. The molecule has 228 valence electrons. The molecule has 0 saturated heterocycles. The zero-order valence-corrected chi connectivity index (χ0v) is 25.9. The van der Waals surface area contributed by atoms with Gasteiger partial charge in [-0.2, -0.15) is 16.8 Å². The average molecular weight is 607 g/mol. The summed E-state index contributed by atoms with van der Waals surface area (Å²) in [5, 5.41) is 0. The van der Waals surface area contributed by atoms with E-state index in [9.17, 15) is 25.9 Å². The molecule has 0 aliphatic rings. The quantitative estimate of drug-likeness (QED) is 0.0985. The first-order valence-corrected chi connectivity index (χ1v) is 18.0. The van der Waals surface area contributed by atoms with Gasteiger partial charge in [-0.25, -0.2) is 4.98 Å². The highest BCUT2D eigenvalue weighted by atomic mass is 32.2. The van der Waals surface area contributed by atoms with E-state index in [0.29, 0.717) is 17.6 Å². The Morgan fingerprint density at radius 1 is 0.634 bits per heavy atom. The van der Waals surface area contributed by atoms with E-state index in [2.05, 4.69) is 6.92 Å². The first kappa shape index (κ1) is 33.2. The van der Waals surface area contributed by atoms with Crippen molar-refractivity contribution in [2.75, 3.05) is 0 Å².